The Morgan fingerprint density at radius 1 is 1.14 bits per heavy atom. The summed E-state index contributed by atoms with van der Waals surface area (Å²) in [5.74, 6) is -0.103. The summed E-state index contributed by atoms with van der Waals surface area (Å²) in [5.41, 5.74) is 2.24. The zero-order chi connectivity index (χ0) is 14.8. The van der Waals surface area contributed by atoms with Gasteiger partial charge < -0.3 is 9.63 Å². The molecule has 0 aliphatic carbocycles. The molecule has 1 heterocycles. The van der Waals surface area contributed by atoms with Crippen LogP contribution in [0, 0.1) is 0 Å². The lowest BCUT2D eigenvalue weighted by atomic mass is 9.99. The third kappa shape index (κ3) is 2.53. The largest absolute Gasteiger partial charge is 0.508 e. The Balaban J connectivity index is 2.05. The summed E-state index contributed by atoms with van der Waals surface area (Å²) in [5, 5.41) is 13.3. The number of aromatic hydroxyl groups is 1. The van der Waals surface area contributed by atoms with Gasteiger partial charge in [-0.3, -0.25) is 4.79 Å². The van der Waals surface area contributed by atoms with Gasteiger partial charge in [0.15, 0.2) is 5.78 Å². The van der Waals surface area contributed by atoms with Crippen molar-refractivity contribution >= 4 is 17.4 Å². The summed E-state index contributed by atoms with van der Waals surface area (Å²) in [6.07, 6.45) is 3.01. The van der Waals surface area contributed by atoms with E-state index in [0.717, 1.165) is 0 Å². The second-order valence-corrected chi connectivity index (χ2v) is 4.83. The van der Waals surface area contributed by atoms with E-state index in [1.165, 1.54) is 24.6 Å². The van der Waals surface area contributed by atoms with Gasteiger partial charge in [-0.15, -0.1) is 0 Å². The maximum atomic E-state index is 12.5. The van der Waals surface area contributed by atoms with Crippen molar-refractivity contribution in [2.75, 3.05) is 0 Å². The number of aromatic nitrogens is 1. The Hall–Kier alpha value is -2.59. The average molecular weight is 300 g/mol. The average Bonchev–Trinajstić information content (AvgIpc) is 3.02. The van der Waals surface area contributed by atoms with Crippen LogP contribution in [0.15, 0.2) is 59.4 Å². The lowest BCUT2D eigenvalue weighted by Crippen LogP contribution is -2.02. The molecule has 0 amide bonds. The molecule has 0 saturated carbocycles. The van der Waals surface area contributed by atoms with Gasteiger partial charge in [0.1, 0.15) is 12.0 Å². The van der Waals surface area contributed by atoms with Crippen molar-refractivity contribution in [3.63, 3.8) is 0 Å². The molecule has 0 atom stereocenters. The molecule has 21 heavy (non-hydrogen) atoms. The highest BCUT2D eigenvalue weighted by Gasteiger charge is 2.16. The second-order valence-electron chi connectivity index (χ2n) is 4.46. The van der Waals surface area contributed by atoms with Crippen LogP contribution in [0.25, 0.3) is 11.1 Å². The highest BCUT2D eigenvalue weighted by Crippen LogP contribution is 2.31. The zero-order valence-corrected chi connectivity index (χ0v) is 11.5. The SMILES string of the molecule is O=C(c1ccc(O)cc1)c1cccc(-c2cnoc2)c1Cl. The number of rotatable bonds is 3. The van der Waals surface area contributed by atoms with E-state index < -0.39 is 0 Å². The maximum Gasteiger partial charge on any atom is 0.194 e. The molecule has 0 aliphatic rings. The first-order chi connectivity index (χ1) is 10.2. The van der Waals surface area contributed by atoms with E-state index in [0.29, 0.717) is 27.3 Å². The third-order valence-corrected chi connectivity index (χ3v) is 3.52. The van der Waals surface area contributed by atoms with Crippen molar-refractivity contribution < 1.29 is 14.4 Å². The van der Waals surface area contributed by atoms with Gasteiger partial charge in [0, 0.05) is 22.3 Å². The Bertz CT molecular complexity index is 780. The fourth-order valence-corrected chi connectivity index (χ4v) is 2.36. The van der Waals surface area contributed by atoms with E-state index in [9.17, 15) is 9.90 Å². The van der Waals surface area contributed by atoms with Gasteiger partial charge in [-0.05, 0) is 30.3 Å². The lowest BCUT2D eigenvalue weighted by Gasteiger charge is -2.07. The van der Waals surface area contributed by atoms with Gasteiger partial charge >= 0.3 is 0 Å². The van der Waals surface area contributed by atoms with Crippen LogP contribution in [0.2, 0.25) is 5.02 Å². The minimum Gasteiger partial charge on any atom is -0.508 e. The molecule has 0 bridgehead atoms. The van der Waals surface area contributed by atoms with E-state index in [-0.39, 0.29) is 11.5 Å². The molecule has 4 nitrogen and oxygen atoms in total. The van der Waals surface area contributed by atoms with Crippen LogP contribution in [0.3, 0.4) is 0 Å². The summed E-state index contributed by atoms with van der Waals surface area (Å²) in [6, 6.07) is 11.2. The van der Waals surface area contributed by atoms with Gasteiger partial charge in [0.05, 0.1) is 11.2 Å². The smallest absolute Gasteiger partial charge is 0.194 e. The van der Waals surface area contributed by atoms with E-state index >= 15 is 0 Å². The summed E-state index contributed by atoms with van der Waals surface area (Å²) in [7, 11) is 0. The molecule has 0 saturated heterocycles. The van der Waals surface area contributed by atoms with Gasteiger partial charge in [0.25, 0.3) is 0 Å². The predicted octanol–water partition coefficient (Wildman–Crippen LogP) is 3.93. The Morgan fingerprint density at radius 3 is 2.57 bits per heavy atom. The number of halogens is 1. The van der Waals surface area contributed by atoms with Crippen LogP contribution in [0.1, 0.15) is 15.9 Å². The number of hydrogen-bond donors (Lipinski definition) is 1. The molecule has 0 aliphatic heterocycles. The summed E-state index contributed by atoms with van der Waals surface area (Å²) in [4.78, 5) is 12.5. The lowest BCUT2D eigenvalue weighted by molar-refractivity contribution is 0.103. The number of carbonyl (C=O) groups is 1. The molecule has 1 N–H and O–H groups in total. The first-order valence-electron chi connectivity index (χ1n) is 6.19. The molecule has 5 heteroatoms. The summed E-state index contributed by atoms with van der Waals surface area (Å²) >= 11 is 6.34. The van der Waals surface area contributed by atoms with Gasteiger partial charge in [-0.25, -0.2) is 0 Å². The normalized spacial score (nSPS) is 10.5. The summed E-state index contributed by atoms with van der Waals surface area (Å²) < 4.78 is 4.80. The third-order valence-electron chi connectivity index (χ3n) is 3.12. The molecule has 2 aromatic carbocycles. The Morgan fingerprint density at radius 2 is 1.90 bits per heavy atom. The molecule has 3 rings (SSSR count). The highest BCUT2D eigenvalue weighted by molar-refractivity contribution is 6.37. The number of phenols is 1. The fourth-order valence-electron chi connectivity index (χ4n) is 2.04. The molecule has 0 fully saturated rings. The van der Waals surface area contributed by atoms with Crippen molar-refractivity contribution in [1.82, 2.24) is 5.16 Å². The number of benzene rings is 2. The van der Waals surface area contributed by atoms with Crippen molar-refractivity contribution in [2.24, 2.45) is 0 Å². The van der Waals surface area contributed by atoms with Crippen molar-refractivity contribution in [3.05, 3.63) is 71.1 Å². The van der Waals surface area contributed by atoms with E-state index in [1.54, 1.807) is 30.3 Å². The predicted molar refractivity (Wildman–Crippen MR) is 78.5 cm³/mol. The molecule has 0 unspecified atom stereocenters. The Kier molecular flexibility index (Phi) is 3.46. The maximum absolute atomic E-state index is 12.5. The quantitative estimate of drug-likeness (QED) is 0.744. The molecular formula is C16H10ClNO3. The number of nitrogens with zero attached hydrogens (tertiary/aromatic N) is 1. The topological polar surface area (TPSA) is 63.3 Å². The number of phenolic OH excluding ortho intramolecular Hbond substituents is 1. The van der Waals surface area contributed by atoms with Crippen molar-refractivity contribution in [3.8, 4) is 16.9 Å². The van der Waals surface area contributed by atoms with Crippen LogP contribution < -0.4 is 0 Å². The highest BCUT2D eigenvalue weighted by atomic mass is 35.5. The first kappa shape index (κ1) is 13.4. The first-order valence-corrected chi connectivity index (χ1v) is 6.56. The van der Waals surface area contributed by atoms with Crippen LogP contribution in [-0.4, -0.2) is 16.0 Å². The van der Waals surface area contributed by atoms with Crippen molar-refractivity contribution in [2.45, 2.75) is 0 Å². The second kappa shape index (κ2) is 5.42. The monoisotopic (exact) mass is 299 g/mol. The molecule has 104 valence electrons. The van der Waals surface area contributed by atoms with E-state index in [2.05, 4.69) is 5.16 Å². The minimum atomic E-state index is -0.210. The number of carbonyl (C=O) groups excluding carboxylic acids is 1. The van der Waals surface area contributed by atoms with Crippen LogP contribution in [-0.2, 0) is 0 Å². The molecular weight excluding hydrogens is 290 g/mol. The molecule has 1 aromatic heterocycles. The number of ketones is 1. The minimum absolute atomic E-state index is 0.107. The van der Waals surface area contributed by atoms with Gasteiger partial charge in [-0.1, -0.05) is 28.9 Å². The standard InChI is InChI=1S/C16H10ClNO3/c17-15-13(11-8-18-21-9-11)2-1-3-14(15)16(20)10-4-6-12(19)7-5-10/h1-9,19H. The fraction of sp³-hybridized carbons (Fsp3) is 0. The van der Waals surface area contributed by atoms with Crippen LogP contribution in [0.4, 0.5) is 0 Å². The van der Waals surface area contributed by atoms with E-state index in [1.807, 2.05) is 0 Å². The van der Waals surface area contributed by atoms with Crippen LogP contribution >= 0.6 is 11.6 Å². The van der Waals surface area contributed by atoms with Gasteiger partial charge in [-0.2, -0.15) is 0 Å². The van der Waals surface area contributed by atoms with E-state index in [4.69, 9.17) is 16.1 Å². The molecule has 3 aromatic rings. The molecule has 0 spiro atoms. The van der Waals surface area contributed by atoms with Gasteiger partial charge in [0.2, 0.25) is 0 Å². The Labute approximate surface area is 125 Å². The van der Waals surface area contributed by atoms with Crippen molar-refractivity contribution in [1.29, 1.82) is 0 Å². The van der Waals surface area contributed by atoms with Crippen LogP contribution in [0.5, 0.6) is 5.75 Å². The number of hydrogen-bond acceptors (Lipinski definition) is 4. The zero-order valence-electron chi connectivity index (χ0n) is 10.8. The summed E-state index contributed by atoms with van der Waals surface area (Å²) in [6.45, 7) is 0. The molecule has 0 radical (unpaired) electrons.